The molecule has 0 aliphatic carbocycles. The molecule has 0 aliphatic rings. The lowest BCUT2D eigenvalue weighted by molar-refractivity contribution is 0.199. The van der Waals surface area contributed by atoms with E-state index in [2.05, 4.69) is 49.1 Å². The molecule has 1 aromatic rings. The van der Waals surface area contributed by atoms with Crippen LogP contribution in [-0.4, -0.2) is 30.6 Å². The van der Waals surface area contributed by atoms with Crippen LogP contribution < -0.4 is 5.73 Å². The van der Waals surface area contributed by atoms with E-state index in [1.54, 1.807) is 0 Å². The molecule has 0 aliphatic heterocycles. The Bertz CT molecular complexity index is 278. The zero-order chi connectivity index (χ0) is 12.5. The predicted molar refractivity (Wildman–Crippen MR) is 75.1 cm³/mol. The molecular weight excluding hydrogens is 208 g/mol. The van der Waals surface area contributed by atoms with Crippen molar-refractivity contribution in [3.63, 3.8) is 0 Å². The third-order valence-corrected chi connectivity index (χ3v) is 3.12. The third kappa shape index (κ3) is 4.88. The largest absolute Gasteiger partial charge is 0.329 e. The number of nitrogens with two attached hydrogens (primary N) is 1. The van der Waals surface area contributed by atoms with E-state index >= 15 is 0 Å². The van der Waals surface area contributed by atoms with Gasteiger partial charge in [0.1, 0.15) is 0 Å². The molecule has 0 heterocycles. The molecule has 17 heavy (non-hydrogen) atoms. The van der Waals surface area contributed by atoms with Crippen molar-refractivity contribution in [1.29, 1.82) is 0 Å². The van der Waals surface area contributed by atoms with E-state index in [4.69, 9.17) is 5.73 Å². The van der Waals surface area contributed by atoms with Gasteiger partial charge in [-0.1, -0.05) is 44.2 Å². The Labute approximate surface area is 106 Å². The number of hydrogen-bond acceptors (Lipinski definition) is 2. The fraction of sp³-hybridized carbons (Fsp3) is 0.600. The molecule has 0 fully saturated rings. The van der Waals surface area contributed by atoms with Crippen LogP contribution in [0.2, 0.25) is 0 Å². The first-order valence-electron chi connectivity index (χ1n) is 6.79. The predicted octanol–water partition coefficient (Wildman–Crippen LogP) is 2.68. The zero-order valence-electron chi connectivity index (χ0n) is 11.2. The highest BCUT2D eigenvalue weighted by molar-refractivity contribution is 5.16. The van der Waals surface area contributed by atoms with Crippen LogP contribution in [0.5, 0.6) is 0 Å². The Balaban J connectivity index is 2.61. The molecule has 0 radical (unpaired) electrons. The molecule has 2 heteroatoms. The summed E-state index contributed by atoms with van der Waals surface area (Å²) in [5, 5.41) is 0. The Hall–Kier alpha value is -0.860. The summed E-state index contributed by atoms with van der Waals surface area (Å²) in [5.41, 5.74) is 7.33. The van der Waals surface area contributed by atoms with Gasteiger partial charge in [-0.2, -0.15) is 0 Å². The lowest BCUT2D eigenvalue weighted by Gasteiger charge is -2.30. The van der Waals surface area contributed by atoms with E-state index in [-0.39, 0.29) is 0 Å². The van der Waals surface area contributed by atoms with Crippen molar-refractivity contribution in [2.24, 2.45) is 5.73 Å². The van der Waals surface area contributed by atoms with Crippen molar-refractivity contribution in [3.05, 3.63) is 35.9 Å². The fourth-order valence-corrected chi connectivity index (χ4v) is 2.30. The normalized spacial score (nSPS) is 12.9. The lowest BCUT2D eigenvalue weighted by Crippen LogP contribution is -2.43. The van der Waals surface area contributed by atoms with Gasteiger partial charge in [-0.05, 0) is 37.9 Å². The van der Waals surface area contributed by atoms with E-state index in [0.29, 0.717) is 6.04 Å². The second kappa shape index (κ2) is 8.26. The minimum absolute atomic E-state index is 0.484. The molecular formula is C15H26N2. The quantitative estimate of drug-likeness (QED) is 0.749. The maximum Gasteiger partial charge on any atom is 0.0258 e. The fourth-order valence-electron chi connectivity index (χ4n) is 2.30. The van der Waals surface area contributed by atoms with Crippen LogP contribution in [0, 0.1) is 0 Å². The Morgan fingerprint density at radius 2 is 1.65 bits per heavy atom. The summed E-state index contributed by atoms with van der Waals surface area (Å²) in [6, 6.07) is 11.1. The average molecular weight is 234 g/mol. The maximum atomic E-state index is 5.94. The highest BCUT2D eigenvalue weighted by Gasteiger charge is 2.15. The van der Waals surface area contributed by atoms with Crippen LogP contribution in [0.1, 0.15) is 32.3 Å². The van der Waals surface area contributed by atoms with Crippen molar-refractivity contribution in [2.45, 2.75) is 39.2 Å². The summed E-state index contributed by atoms with van der Waals surface area (Å²) >= 11 is 0. The Morgan fingerprint density at radius 1 is 1.06 bits per heavy atom. The molecule has 2 N–H and O–H groups in total. The summed E-state index contributed by atoms with van der Waals surface area (Å²) < 4.78 is 0. The van der Waals surface area contributed by atoms with Gasteiger partial charge in [0.25, 0.3) is 0 Å². The van der Waals surface area contributed by atoms with Crippen LogP contribution in [-0.2, 0) is 6.42 Å². The summed E-state index contributed by atoms with van der Waals surface area (Å²) in [5.74, 6) is 0. The summed E-state index contributed by atoms with van der Waals surface area (Å²) in [7, 11) is 0. The van der Waals surface area contributed by atoms with Gasteiger partial charge in [-0.25, -0.2) is 0 Å². The monoisotopic (exact) mass is 234 g/mol. The molecule has 0 amide bonds. The SMILES string of the molecule is CCCN(CCC)C(CN)Cc1ccccc1. The molecule has 1 unspecified atom stereocenters. The minimum atomic E-state index is 0.484. The van der Waals surface area contributed by atoms with Gasteiger partial charge in [0, 0.05) is 12.6 Å². The number of hydrogen-bond donors (Lipinski definition) is 1. The van der Waals surface area contributed by atoms with E-state index in [1.807, 2.05) is 0 Å². The Morgan fingerprint density at radius 3 is 2.12 bits per heavy atom. The number of rotatable bonds is 8. The highest BCUT2D eigenvalue weighted by atomic mass is 15.2. The third-order valence-electron chi connectivity index (χ3n) is 3.12. The molecule has 0 bridgehead atoms. The van der Waals surface area contributed by atoms with Crippen LogP contribution in [0.3, 0.4) is 0 Å². The van der Waals surface area contributed by atoms with Gasteiger partial charge in [0.05, 0.1) is 0 Å². The van der Waals surface area contributed by atoms with E-state index in [1.165, 1.54) is 18.4 Å². The minimum Gasteiger partial charge on any atom is -0.329 e. The molecule has 1 aromatic carbocycles. The van der Waals surface area contributed by atoms with Crippen LogP contribution in [0.25, 0.3) is 0 Å². The average Bonchev–Trinajstić information content (AvgIpc) is 2.37. The Kier molecular flexibility index (Phi) is 6.90. The number of nitrogens with zero attached hydrogens (tertiary/aromatic N) is 1. The van der Waals surface area contributed by atoms with Crippen LogP contribution in [0.15, 0.2) is 30.3 Å². The van der Waals surface area contributed by atoms with Gasteiger partial charge < -0.3 is 5.73 Å². The van der Waals surface area contributed by atoms with Crippen LogP contribution in [0.4, 0.5) is 0 Å². The van der Waals surface area contributed by atoms with Gasteiger partial charge in [0.15, 0.2) is 0 Å². The number of benzene rings is 1. The molecule has 0 saturated heterocycles. The topological polar surface area (TPSA) is 29.3 Å². The van der Waals surface area contributed by atoms with Crippen molar-refractivity contribution in [3.8, 4) is 0 Å². The standard InChI is InChI=1S/C15H26N2/c1-3-10-17(11-4-2)15(13-16)12-14-8-6-5-7-9-14/h5-9,15H,3-4,10-13,16H2,1-2H3. The summed E-state index contributed by atoms with van der Waals surface area (Å²) in [6.45, 7) is 7.53. The molecule has 0 saturated carbocycles. The molecule has 1 rings (SSSR count). The second-order valence-corrected chi connectivity index (χ2v) is 4.62. The zero-order valence-corrected chi connectivity index (χ0v) is 11.2. The van der Waals surface area contributed by atoms with Gasteiger partial charge in [-0.15, -0.1) is 0 Å². The molecule has 1 atom stereocenters. The summed E-state index contributed by atoms with van der Waals surface area (Å²) in [6.07, 6.45) is 3.47. The highest BCUT2D eigenvalue weighted by Crippen LogP contribution is 2.09. The molecule has 96 valence electrons. The molecule has 0 aromatic heterocycles. The summed E-state index contributed by atoms with van der Waals surface area (Å²) in [4.78, 5) is 2.53. The van der Waals surface area contributed by atoms with Crippen molar-refractivity contribution in [2.75, 3.05) is 19.6 Å². The van der Waals surface area contributed by atoms with Gasteiger partial charge in [-0.3, -0.25) is 4.90 Å². The van der Waals surface area contributed by atoms with E-state index in [9.17, 15) is 0 Å². The van der Waals surface area contributed by atoms with E-state index < -0.39 is 0 Å². The first kappa shape index (κ1) is 14.2. The van der Waals surface area contributed by atoms with E-state index in [0.717, 1.165) is 26.1 Å². The second-order valence-electron chi connectivity index (χ2n) is 4.62. The molecule has 2 nitrogen and oxygen atoms in total. The van der Waals surface area contributed by atoms with Gasteiger partial charge >= 0.3 is 0 Å². The van der Waals surface area contributed by atoms with Crippen molar-refractivity contribution >= 4 is 0 Å². The maximum absolute atomic E-state index is 5.94. The smallest absolute Gasteiger partial charge is 0.0258 e. The lowest BCUT2D eigenvalue weighted by atomic mass is 10.0. The molecule has 0 spiro atoms. The van der Waals surface area contributed by atoms with Gasteiger partial charge in [0.2, 0.25) is 0 Å². The van der Waals surface area contributed by atoms with Crippen LogP contribution >= 0.6 is 0 Å². The first-order chi connectivity index (χ1) is 8.31. The van der Waals surface area contributed by atoms with Crippen molar-refractivity contribution in [1.82, 2.24) is 4.90 Å². The first-order valence-corrected chi connectivity index (χ1v) is 6.79. The van der Waals surface area contributed by atoms with Crippen molar-refractivity contribution < 1.29 is 0 Å².